The van der Waals surface area contributed by atoms with E-state index in [0.29, 0.717) is 31.0 Å². The molecule has 0 atom stereocenters. The van der Waals surface area contributed by atoms with Gasteiger partial charge in [0.15, 0.2) is 0 Å². The number of hydrogen-bond acceptors (Lipinski definition) is 3. The molecule has 0 bridgehead atoms. The Morgan fingerprint density at radius 2 is 1.79 bits per heavy atom. The molecule has 2 aromatic rings. The Hall–Kier alpha value is -2.34. The van der Waals surface area contributed by atoms with Crippen LogP contribution in [0.3, 0.4) is 0 Å². The van der Waals surface area contributed by atoms with Gasteiger partial charge in [-0.05, 0) is 29.8 Å². The zero-order valence-electron chi connectivity index (χ0n) is 13.3. The molecule has 0 unspecified atom stereocenters. The minimum Gasteiger partial charge on any atom is -0.488 e. The average molecular weight is 391 g/mol. The van der Waals surface area contributed by atoms with Crippen LogP contribution in [0.15, 0.2) is 53.0 Å². The van der Waals surface area contributed by atoms with E-state index < -0.39 is 0 Å². The second-order valence-electron chi connectivity index (χ2n) is 5.15. The van der Waals surface area contributed by atoms with E-state index in [2.05, 4.69) is 26.6 Å². The molecule has 0 aliphatic rings. The molecule has 0 aliphatic heterocycles. The third-order valence-electron chi connectivity index (χ3n) is 3.20. The van der Waals surface area contributed by atoms with Crippen LogP contribution in [0, 0.1) is 0 Å². The van der Waals surface area contributed by atoms with Crippen LogP contribution in [0.5, 0.6) is 5.75 Å². The quantitative estimate of drug-likeness (QED) is 0.714. The molecule has 0 spiro atoms. The fraction of sp³-hybridized carbons (Fsp3) is 0.222. The smallest absolute Gasteiger partial charge is 0.255 e. The molecule has 2 rings (SSSR count). The van der Waals surface area contributed by atoms with E-state index in [-0.39, 0.29) is 11.8 Å². The van der Waals surface area contributed by atoms with Gasteiger partial charge in [-0.3, -0.25) is 9.59 Å². The molecule has 2 N–H and O–H groups in total. The maximum atomic E-state index is 12.3. The zero-order chi connectivity index (χ0) is 17.4. The van der Waals surface area contributed by atoms with Gasteiger partial charge < -0.3 is 15.4 Å². The molecule has 0 fully saturated rings. The summed E-state index contributed by atoms with van der Waals surface area (Å²) >= 11 is 3.42. The van der Waals surface area contributed by atoms with Crippen molar-refractivity contribution in [2.24, 2.45) is 0 Å². The highest BCUT2D eigenvalue weighted by molar-refractivity contribution is 9.10. The lowest BCUT2D eigenvalue weighted by Crippen LogP contribution is -2.33. The van der Waals surface area contributed by atoms with Gasteiger partial charge in [0.1, 0.15) is 12.4 Å². The van der Waals surface area contributed by atoms with Crippen LogP contribution >= 0.6 is 15.9 Å². The first-order valence-corrected chi connectivity index (χ1v) is 8.34. The summed E-state index contributed by atoms with van der Waals surface area (Å²) in [4.78, 5) is 23.1. The zero-order valence-corrected chi connectivity index (χ0v) is 14.9. The Bertz CT molecular complexity index is 719. The molecule has 0 aromatic heterocycles. The van der Waals surface area contributed by atoms with Gasteiger partial charge in [0.2, 0.25) is 5.91 Å². The average Bonchev–Trinajstić information content (AvgIpc) is 2.57. The van der Waals surface area contributed by atoms with Gasteiger partial charge in [0.25, 0.3) is 5.91 Å². The number of benzene rings is 2. The van der Waals surface area contributed by atoms with E-state index in [1.165, 1.54) is 6.92 Å². The van der Waals surface area contributed by atoms with Gasteiger partial charge in [-0.1, -0.05) is 40.2 Å². The summed E-state index contributed by atoms with van der Waals surface area (Å²) in [5, 5.41) is 5.39. The van der Waals surface area contributed by atoms with E-state index in [4.69, 9.17) is 4.74 Å². The number of amides is 2. The monoisotopic (exact) mass is 390 g/mol. The molecule has 5 nitrogen and oxygen atoms in total. The summed E-state index contributed by atoms with van der Waals surface area (Å²) in [5.74, 6) is 0.168. The van der Waals surface area contributed by atoms with Crippen molar-refractivity contribution in [2.75, 3.05) is 13.1 Å². The number of para-hydroxylation sites is 1. The van der Waals surface area contributed by atoms with Crippen LogP contribution in [0.25, 0.3) is 0 Å². The van der Waals surface area contributed by atoms with Crippen LogP contribution in [0.4, 0.5) is 0 Å². The minimum atomic E-state index is -0.231. The Morgan fingerprint density at radius 3 is 2.54 bits per heavy atom. The third-order valence-corrected chi connectivity index (χ3v) is 3.69. The van der Waals surface area contributed by atoms with E-state index in [0.717, 1.165) is 10.0 Å². The highest BCUT2D eigenvalue weighted by Crippen LogP contribution is 2.20. The topological polar surface area (TPSA) is 67.4 Å². The van der Waals surface area contributed by atoms with Gasteiger partial charge in [0.05, 0.1) is 5.56 Å². The highest BCUT2D eigenvalue weighted by atomic mass is 79.9. The largest absolute Gasteiger partial charge is 0.488 e. The van der Waals surface area contributed by atoms with Gasteiger partial charge in [-0.2, -0.15) is 0 Å². The Kier molecular flexibility index (Phi) is 6.81. The lowest BCUT2D eigenvalue weighted by atomic mass is 10.2. The van der Waals surface area contributed by atoms with Gasteiger partial charge in [0, 0.05) is 24.5 Å². The summed E-state index contributed by atoms with van der Waals surface area (Å²) in [6.07, 6.45) is 0. The summed E-state index contributed by atoms with van der Waals surface area (Å²) in [7, 11) is 0. The Labute approximate surface area is 149 Å². The van der Waals surface area contributed by atoms with Crippen molar-refractivity contribution < 1.29 is 14.3 Å². The minimum absolute atomic E-state index is 0.123. The van der Waals surface area contributed by atoms with Crippen LogP contribution in [0.2, 0.25) is 0 Å². The number of ether oxygens (including phenoxy) is 1. The van der Waals surface area contributed by atoms with E-state index in [9.17, 15) is 9.59 Å². The van der Waals surface area contributed by atoms with Crippen LogP contribution in [0.1, 0.15) is 22.8 Å². The third kappa shape index (κ3) is 5.70. The van der Waals surface area contributed by atoms with E-state index in [1.54, 1.807) is 18.2 Å². The van der Waals surface area contributed by atoms with Crippen molar-refractivity contribution in [2.45, 2.75) is 13.5 Å². The molecule has 0 aliphatic carbocycles. The summed E-state index contributed by atoms with van der Waals surface area (Å²) < 4.78 is 6.77. The van der Waals surface area contributed by atoms with Gasteiger partial charge in [-0.25, -0.2) is 0 Å². The number of rotatable bonds is 7. The predicted octanol–water partition coefficient (Wildman–Crippen LogP) is 2.89. The van der Waals surface area contributed by atoms with Crippen molar-refractivity contribution in [3.63, 3.8) is 0 Å². The van der Waals surface area contributed by atoms with Crippen molar-refractivity contribution >= 4 is 27.7 Å². The van der Waals surface area contributed by atoms with E-state index in [1.807, 2.05) is 30.3 Å². The molecule has 126 valence electrons. The number of halogens is 1. The van der Waals surface area contributed by atoms with Crippen LogP contribution < -0.4 is 15.4 Å². The van der Waals surface area contributed by atoms with Gasteiger partial charge in [-0.15, -0.1) is 0 Å². The van der Waals surface area contributed by atoms with Crippen molar-refractivity contribution in [1.82, 2.24) is 10.6 Å². The number of carbonyl (C=O) groups is 2. The Balaban J connectivity index is 1.96. The lowest BCUT2D eigenvalue weighted by molar-refractivity contribution is -0.118. The second-order valence-corrected chi connectivity index (χ2v) is 6.07. The number of nitrogens with one attached hydrogen (secondary N) is 2. The molecule has 24 heavy (non-hydrogen) atoms. The van der Waals surface area contributed by atoms with Crippen molar-refractivity contribution in [1.29, 1.82) is 0 Å². The normalized spacial score (nSPS) is 10.1. The van der Waals surface area contributed by atoms with Crippen LogP contribution in [-0.4, -0.2) is 24.9 Å². The summed E-state index contributed by atoms with van der Waals surface area (Å²) in [6.45, 7) is 2.56. The molecule has 0 heterocycles. The molecular formula is C18H19BrN2O3. The fourth-order valence-corrected chi connectivity index (χ4v) is 2.52. The molecule has 0 saturated heterocycles. The fourth-order valence-electron chi connectivity index (χ4n) is 2.08. The standard InChI is InChI=1S/C18H19BrN2O3/c1-13(22)20-9-10-21-18(23)16-7-2-3-8-17(16)24-12-14-5-4-6-15(19)11-14/h2-8,11H,9-10,12H2,1H3,(H,20,22)(H,21,23). The first kappa shape index (κ1) is 18.0. The Morgan fingerprint density at radius 1 is 1.04 bits per heavy atom. The molecule has 2 aromatic carbocycles. The second kappa shape index (κ2) is 9.08. The molecular weight excluding hydrogens is 372 g/mol. The SMILES string of the molecule is CC(=O)NCCNC(=O)c1ccccc1OCc1cccc(Br)c1. The predicted molar refractivity (Wildman–Crippen MR) is 95.9 cm³/mol. The maximum Gasteiger partial charge on any atom is 0.255 e. The maximum absolute atomic E-state index is 12.3. The van der Waals surface area contributed by atoms with Crippen molar-refractivity contribution in [3.8, 4) is 5.75 Å². The first-order chi connectivity index (χ1) is 11.6. The number of hydrogen-bond donors (Lipinski definition) is 2. The molecule has 2 amide bonds. The summed E-state index contributed by atoms with van der Waals surface area (Å²) in [5.41, 5.74) is 1.47. The number of carbonyl (C=O) groups excluding carboxylic acids is 2. The van der Waals surface area contributed by atoms with E-state index >= 15 is 0 Å². The molecule has 0 saturated carbocycles. The van der Waals surface area contributed by atoms with Crippen LogP contribution in [-0.2, 0) is 11.4 Å². The van der Waals surface area contributed by atoms with Gasteiger partial charge >= 0.3 is 0 Å². The highest BCUT2D eigenvalue weighted by Gasteiger charge is 2.11. The molecule has 0 radical (unpaired) electrons. The molecule has 6 heteroatoms. The lowest BCUT2D eigenvalue weighted by Gasteiger charge is -2.12. The summed E-state index contributed by atoms with van der Waals surface area (Å²) in [6, 6.07) is 14.9. The first-order valence-electron chi connectivity index (χ1n) is 7.55. The van der Waals surface area contributed by atoms with Crippen molar-refractivity contribution in [3.05, 3.63) is 64.1 Å².